The van der Waals surface area contributed by atoms with Gasteiger partial charge in [0.1, 0.15) is 0 Å². The first-order chi connectivity index (χ1) is 8.84. The number of nitrogens with one attached hydrogen (secondary N) is 2. The van der Waals surface area contributed by atoms with E-state index in [2.05, 4.69) is 21.3 Å². The normalized spacial score (nSPS) is 11.0. The van der Waals surface area contributed by atoms with Crippen molar-refractivity contribution in [2.45, 2.75) is 19.9 Å². The fourth-order valence-electron chi connectivity index (χ4n) is 1.33. The molecule has 1 rings (SSSR count). The third-order valence-corrected chi connectivity index (χ3v) is 3.55. The van der Waals surface area contributed by atoms with Crippen molar-refractivity contribution in [3.63, 3.8) is 0 Å². The van der Waals surface area contributed by atoms with Gasteiger partial charge in [0.15, 0.2) is 0 Å². The van der Waals surface area contributed by atoms with Gasteiger partial charge in [-0.2, -0.15) is 13.1 Å². The Morgan fingerprint density at radius 2 is 2.11 bits per heavy atom. The highest BCUT2D eigenvalue weighted by Crippen LogP contribution is 2.20. The third kappa shape index (κ3) is 5.49. The molecule has 1 aromatic rings. The number of hydrogen-bond acceptors (Lipinski definition) is 3. The Labute approximate surface area is 118 Å². The predicted molar refractivity (Wildman–Crippen MR) is 78.2 cm³/mol. The van der Waals surface area contributed by atoms with Crippen LogP contribution in [-0.4, -0.2) is 21.0 Å². The molecule has 0 unspecified atom stereocenters. The van der Waals surface area contributed by atoms with E-state index in [-0.39, 0.29) is 12.6 Å². The number of rotatable bonds is 4. The molecular formula is C12H16ClN3O2S. The van der Waals surface area contributed by atoms with E-state index in [1.165, 1.54) is 0 Å². The molecule has 0 aromatic heterocycles. The van der Waals surface area contributed by atoms with E-state index in [9.17, 15) is 8.42 Å². The molecule has 0 saturated carbocycles. The van der Waals surface area contributed by atoms with E-state index >= 15 is 0 Å². The number of halogens is 1. The van der Waals surface area contributed by atoms with Crippen LogP contribution in [0.25, 0.3) is 0 Å². The molecule has 19 heavy (non-hydrogen) atoms. The van der Waals surface area contributed by atoms with Gasteiger partial charge in [-0.3, -0.25) is 4.72 Å². The lowest BCUT2D eigenvalue weighted by molar-refractivity contribution is 0.575. The smallest absolute Gasteiger partial charge is 0.299 e. The molecular weight excluding hydrogens is 286 g/mol. The Bertz CT molecular complexity index is 603. The Kier molecular flexibility index (Phi) is 5.63. The Hall–Kier alpha value is -1.26. The summed E-state index contributed by atoms with van der Waals surface area (Å²) in [7, 11) is -3.60. The second kappa shape index (κ2) is 6.78. The van der Waals surface area contributed by atoms with Gasteiger partial charge in [0.25, 0.3) is 10.2 Å². The first-order valence-electron chi connectivity index (χ1n) is 5.62. The minimum atomic E-state index is -3.60. The molecule has 1 aromatic carbocycles. The maximum atomic E-state index is 11.7. The topological polar surface area (TPSA) is 84.2 Å². The van der Waals surface area contributed by atoms with Gasteiger partial charge in [-0.05, 0) is 32.0 Å². The predicted octanol–water partition coefficient (Wildman–Crippen LogP) is 1.30. The van der Waals surface area contributed by atoms with Crippen LogP contribution in [0, 0.1) is 11.8 Å². The molecule has 0 spiro atoms. The average Bonchev–Trinajstić information content (AvgIpc) is 2.27. The summed E-state index contributed by atoms with van der Waals surface area (Å²) in [4.78, 5) is 0. The minimum Gasteiger partial charge on any atom is -0.320 e. The molecule has 104 valence electrons. The van der Waals surface area contributed by atoms with Crippen LogP contribution >= 0.6 is 11.6 Å². The van der Waals surface area contributed by atoms with Crippen LogP contribution in [0.15, 0.2) is 18.2 Å². The van der Waals surface area contributed by atoms with Gasteiger partial charge in [-0.15, -0.1) is 0 Å². The molecule has 0 aliphatic heterocycles. The summed E-state index contributed by atoms with van der Waals surface area (Å²) in [6.45, 7) is 3.68. The van der Waals surface area contributed by atoms with Gasteiger partial charge in [-0.25, -0.2) is 0 Å². The Morgan fingerprint density at radius 3 is 2.68 bits per heavy atom. The van der Waals surface area contributed by atoms with Crippen molar-refractivity contribution in [3.8, 4) is 11.8 Å². The quantitative estimate of drug-likeness (QED) is 0.733. The molecule has 0 atom stereocenters. The zero-order chi connectivity index (χ0) is 14.5. The van der Waals surface area contributed by atoms with Crippen molar-refractivity contribution in [3.05, 3.63) is 28.8 Å². The summed E-state index contributed by atoms with van der Waals surface area (Å²) in [6.07, 6.45) is 0. The van der Waals surface area contributed by atoms with Crippen LogP contribution in [0.3, 0.4) is 0 Å². The summed E-state index contributed by atoms with van der Waals surface area (Å²) in [5, 5.41) is 0.445. The highest BCUT2D eigenvalue weighted by molar-refractivity contribution is 7.90. The SMILES string of the molecule is CC(C)NS(=O)(=O)Nc1ccc(Cl)c(C#CCN)c1. The van der Waals surface area contributed by atoms with Crippen molar-refractivity contribution < 1.29 is 8.42 Å². The molecule has 0 amide bonds. The third-order valence-electron chi connectivity index (χ3n) is 1.93. The van der Waals surface area contributed by atoms with Gasteiger partial charge in [-0.1, -0.05) is 23.4 Å². The highest BCUT2D eigenvalue weighted by Gasteiger charge is 2.11. The van der Waals surface area contributed by atoms with Gasteiger partial charge in [0.2, 0.25) is 0 Å². The number of anilines is 1. The minimum absolute atomic E-state index is 0.193. The molecule has 4 N–H and O–H groups in total. The van der Waals surface area contributed by atoms with Crippen LogP contribution in [-0.2, 0) is 10.2 Å². The maximum Gasteiger partial charge on any atom is 0.299 e. The summed E-state index contributed by atoms with van der Waals surface area (Å²) in [5.41, 5.74) is 6.20. The number of nitrogens with two attached hydrogens (primary N) is 1. The Morgan fingerprint density at radius 1 is 1.42 bits per heavy atom. The molecule has 7 heteroatoms. The molecule has 0 aliphatic carbocycles. The summed E-state index contributed by atoms with van der Waals surface area (Å²) in [5.74, 6) is 5.45. The van der Waals surface area contributed by atoms with Gasteiger partial charge in [0.05, 0.1) is 17.3 Å². The van der Waals surface area contributed by atoms with E-state index in [0.29, 0.717) is 16.3 Å². The van der Waals surface area contributed by atoms with Gasteiger partial charge in [0, 0.05) is 11.6 Å². The number of hydrogen-bond donors (Lipinski definition) is 3. The molecule has 0 fully saturated rings. The largest absolute Gasteiger partial charge is 0.320 e. The molecule has 0 bridgehead atoms. The van der Waals surface area contributed by atoms with Crippen LogP contribution < -0.4 is 15.2 Å². The molecule has 0 saturated heterocycles. The van der Waals surface area contributed by atoms with Gasteiger partial charge < -0.3 is 5.73 Å². The fraction of sp³-hybridized carbons (Fsp3) is 0.333. The zero-order valence-electron chi connectivity index (χ0n) is 10.7. The van der Waals surface area contributed by atoms with E-state index in [0.717, 1.165) is 0 Å². The van der Waals surface area contributed by atoms with Crippen LogP contribution in [0.4, 0.5) is 5.69 Å². The molecule has 0 heterocycles. The average molecular weight is 302 g/mol. The van der Waals surface area contributed by atoms with Crippen molar-refractivity contribution in [2.75, 3.05) is 11.3 Å². The monoisotopic (exact) mass is 301 g/mol. The molecule has 0 aliphatic rings. The standard InChI is InChI=1S/C12H16ClN3O2S/c1-9(2)15-19(17,18)16-11-5-6-12(13)10(8-11)4-3-7-14/h5-6,8-9,15-16H,7,14H2,1-2H3. The van der Waals surface area contributed by atoms with E-state index < -0.39 is 10.2 Å². The van der Waals surface area contributed by atoms with Crippen LogP contribution in [0.2, 0.25) is 5.02 Å². The van der Waals surface area contributed by atoms with Crippen LogP contribution in [0.1, 0.15) is 19.4 Å². The fourth-order valence-corrected chi connectivity index (χ4v) is 2.61. The first-order valence-corrected chi connectivity index (χ1v) is 7.48. The lowest BCUT2D eigenvalue weighted by atomic mass is 10.2. The van der Waals surface area contributed by atoms with E-state index in [4.69, 9.17) is 17.3 Å². The second-order valence-corrected chi connectivity index (χ2v) is 5.93. The summed E-state index contributed by atoms with van der Waals surface area (Å²) < 4.78 is 28.2. The second-order valence-electron chi connectivity index (χ2n) is 4.08. The van der Waals surface area contributed by atoms with Gasteiger partial charge >= 0.3 is 0 Å². The first kappa shape index (κ1) is 15.8. The molecule has 5 nitrogen and oxygen atoms in total. The van der Waals surface area contributed by atoms with Crippen molar-refractivity contribution in [1.82, 2.24) is 4.72 Å². The lowest BCUT2D eigenvalue weighted by Crippen LogP contribution is -2.35. The highest BCUT2D eigenvalue weighted by atomic mass is 35.5. The van der Waals surface area contributed by atoms with E-state index in [1.54, 1.807) is 32.0 Å². The Balaban J connectivity index is 2.97. The van der Waals surface area contributed by atoms with Crippen molar-refractivity contribution in [2.24, 2.45) is 5.73 Å². The zero-order valence-corrected chi connectivity index (χ0v) is 12.3. The lowest BCUT2D eigenvalue weighted by Gasteiger charge is -2.12. The number of benzene rings is 1. The molecule has 0 radical (unpaired) electrons. The van der Waals surface area contributed by atoms with Crippen LogP contribution in [0.5, 0.6) is 0 Å². The summed E-state index contributed by atoms with van der Waals surface area (Å²) in [6, 6.07) is 4.51. The van der Waals surface area contributed by atoms with Crippen molar-refractivity contribution >= 4 is 27.5 Å². The summed E-state index contributed by atoms with van der Waals surface area (Å²) >= 11 is 5.95. The van der Waals surface area contributed by atoms with Crippen molar-refractivity contribution in [1.29, 1.82) is 0 Å². The van der Waals surface area contributed by atoms with E-state index in [1.807, 2.05) is 0 Å². The maximum absolute atomic E-state index is 11.7.